The third-order valence-electron chi connectivity index (χ3n) is 4.51. The smallest absolute Gasteiger partial charge is 0.252 e. The highest BCUT2D eigenvalue weighted by molar-refractivity contribution is 6.06. The van der Waals surface area contributed by atoms with Crippen molar-refractivity contribution in [3.63, 3.8) is 0 Å². The average Bonchev–Trinajstić information content (AvgIpc) is 2.50. The predicted octanol–water partition coefficient (Wildman–Crippen LogP) is 2.07. The number of rotatable bonds is 2. The standard InChI is InChI=1S/C17H21N3O2.ClH/c1-10-7-8-18-11(2)16(10)20-17(22)13-9-15(21)19-14-6-4-3-5-12(13)14;/h3-6,9-11,16,18H,7-8H2,1-2H3,(H,19,21)(H,20,22);1H. The van der Waals surface area contributed by atoms with E-state index in [0.29, 0.717) is 17.0 Å². The minimum Gasteiger partial charge on any atom is -0.347 e. The van der Waals surface area contributed by atoms with E-state index in [1.807, 2.05) is 18.2 Å². The SMILES string of the molecule is CC1CCNC(C)C1NC(=O)c1cc(=O)[nH]c2ccccc12.Cl. The first-order valence-electron chi connectivity index (χ1n) is 7.72. The third-order valence-corrected chi connectivity index (χ3v) is 4.51. The Hall–Kier alpha value is -1.85. The van der Waals surface area contributed by atoms with Crippen LogP contribution in [0.15, 0.2) is 35.1 Å². The lowest BCUT2D eigenvalue weighted by Crippen LogP contribution is -2.56. The van der Waals surface area contributed by atoms with E-state index in [-0.39, 0.29) is 36.0 Å². The molecule has 1 aromatic carbocycles. The number of fused-ring (bicyclic) bond motifs is 1. The summed E-state index contributed by atoms with van der Waals surface area (Å²) in [6, 6.07) is 9.04. The number of H-pyrrole nitrogens is 1. The summed E-state index contributed by atoms with van der Waals surface area (Å²) in [4.78, 5) is 27.2. The van der Waals surface area contributed by atoms with Crippen LogP contribution in [0.2, 0.25) is 0 Å². The first kappa shape index (κ1) is 17.5. The van der Waals surface area contributed by atoms with Gasteiger partial charge < -0.3 is 15.6 Å². The molecule has 5 nitrogen and oxygen atoms in total. The number of piperidine rings is 1. The fourth-order valence-corrected chi connectivity index (χ4v) is 3.23. The first-order valence-corrected chi connectivity index (χ1v) is 7.72. The molecule has 2 aromatic rings. The van der Waals surface area contributed by atoms with Gasteiger partial charge in [-0.2, -0.15) is 0 Å². The number of carbonyl (C=O) groups excluding carboxylic acids is 1. The molecule has 3 unspecified atom stereocenters. The molecule has 1 saturated heterocycles. The summed E-state index contributed by atoms with van der Waals surface area (Å²) in [7, 11) is 0. The van der Waals surface area contributed by atoms with Crippen molar-refractivity contribution in [2.75, 3.05) is 6.54 Å². The van der Waals surface area contributed by atoms with Gasteiger partial charge in [-0.05, 0) is 31.9 Å². The maximum Gasteiger partial charge on any atom is 0.252 e. The van der Waals surface area contributed by atoms with E-state index in [1.165, 1.54) is 6.07 Å². The zero-order valence-corrected chi connectivity index (χ0v) is 14.1. The molecule has 1 aliphatic heterocycles. The first-order chi connectivity index (χ1) is 10.6. The summed E-state index contributed by atoms with van der Waals surface area (Å²) in [5.74, 6) is 0.225. The fraction of sp³-hybridized carbons (Fsp3) is 0.412. The Balaban J connectivity index is 0.00000192. The van der Waals surface area contributed by atoms with Gasteiger partial charge in [0.2, 0.25) is 5.56 Å². The monoisotopic (exact) mass is 335 g/mol. The van der Waals surface area contributed by atoms with Crippen LogP contribution in [0.4, 0.5) is 0 Å². The highest BCUT2D eigenvalue weighted by Crippen LogP contribution is 2.19. The van der Waals surface area contributed by atoms with Crippen molar-refractivity contribution in [3.05, 3.63) is 46.2 Å². The number of pyridine rings is 1. The van der Waals surface area contributed by atoms with Gasteiger partial charge in [-0.15, -0.1) is 12.4 Å². The number of para-hydroxylation sites is 1. The molecular formula is C17H22ClN3O2. The number of halogens is 1. The van der Waals surface area contributed by atoms with E-state index in [2.05, 4.69) is 29.5 Å². The maximum absolute atomic E-state index is 12.7. The van der Waals surface area contributed by atoms with Crippen molar-refractivity contribution in [1.82, 2.24) is 15.6 Å². The molecule has 6 heteroatoms. The molecule has 3 atom stereocenters. The maximum atomic E-state index is 12.7. The van der Waals surface area contributed by atoms with Gasteiger partial charge in [-0.1, -0.05) is 25.1 Å². The molecule has 0 spiro atoms. The lowest BCUT2D eigenvalue weighted by atomic mass is 9.89. The van der Waals surface area contributed by atoms with Crippen molar-refractivity contribution in [2.45, 2.75) is 32.4 Å². The van der Waals surface area contributed by atoms with Gasteiger partial charge in [0, 0.05) is 29.1 Å². The normalized spacial score (nSPS) is 24.0. The summed E-state index contributed by atoms with van der Waals surface area (Å²) >= 11 is 0. The fourth-order valence-electron chi connectivity index (χ4n) is 3.23. The number of carbonyl (C=O) groups is 1. The van der Waals surface area contributed by atoms with Crippen LogP contribution in [0.5, 0.6) is 0 Å². The molecule has 0 radical (unpaired) electrons. The highest BCUT2D eigenvalue weighted by Gasteiger charge is 2.29. The zero-order chi connectivity index (χ0) is 15.7. The second-order valence-corrected chi connectivity index (χ2v) is 6.10. The van der Waals surface area contributed by atoms with Crippen LogP contribution in [0.1, 0.15) is 30.6 Å². The second-order valence-electron chi connectivity index (χ2n) is 6.10. The molecule has 0 saturated carbocycles. The zero-order valence-electron chi connectivity index (χ0n) is 13.3. The number of benzene rings is 1. The highest BCUT2D eigenvalue weighted by atomic mass is 35.5. The number of hydrogen-bond acceptors (Lipinski definition) is 3. The number of nitrogens with one attached hydrogen (secondary N) is 3. The van der Waals surface area contributed by atoms with Crippen LogP contribution < -0.4 is 16.2 Å². The van der Waals surface area contributed by atoms with Gasteiger partial charge in [-0.25, -0.2) is 0 Å². The molecule has 3 rings (SSSR count). The van der Waals surface area contributed by atoms with Gasteiger partial charge in [0.25, 0.3) is 5.91 Å². The van der Waals surface area contributed by atoms with Crippen LogP contribution in [0, 0.1) is 5.92 Å². The Morgan fingerprint density at radius 1 is 1.26 bits per heavy atom. The summed E-state index contributed by atoms with van der Waals surface area (Å²) in [5, 5.41) is 7.25. The van der Waals surface area contributed by atoms with E-state index in [4.69, 9.17) is 0 Å². The largest absolute Gasteiger partial charge is 0.347 e. The van der Waals surface area contributed by atoms with Crippen LogP contribution >= 0.6 is 12.4 Å². The molecular weight excluding hydrogens is 314 g/mol. The molecule has 124 valence electrons. The van der Waals surface area contributed by atoms with Crippen LogP contribution in [-0.2, 0) is 0 Å². The molecule has 2 heterocycles. The lowest BCUT2D eigenvalue weighted by Gasteiger charge is -2.36. The van der Waals surface area contributed by atoms with Crippen molar-refractivity contribution >= 4 is 29.2 Å². The van der Waals surface area contributed by atoms with E-state index in [1.54, 1.807) is 6.07 Å². The van der Waals surface area contributed by atoms with Crippen LogP contribution in [0.25, 0.3) is 10.9 Å². The van der Waals surface area contributed by atoms with Crippen molar-refractivity contribution in [2.24, 2.45) is 5.92 Å². The van der Waals surface area contributed by atoms with Crippen LogP contribution in [-0.4, -0.2) is 29.5 Å². The van der Waals surface area contributed by atoms with Gasteiger partial charge in [0.1, 0.15) is 0 Å². The number of amides is 1. The van der Waals surface area contributed by atoms with Crippen molar-refractivity contribution < 1.29 is 4.79 Å². The van der Waals surface area contributed by atoms with Gasteiger partial charge in [-0.3, -0.25) is 9.59 Å². The molecule has 1 amide bonds. The Kier molecular flexibility index (Phi) is 5.44. The lowest BCUT2D eigenvalue weighted by molar-refractivity contribution is 0.0899. The van der Waals surface area contributed by atoms with Crippen LogP contribution in [0.3, 0.4) is 0 Å². The predicted molar refractivity (Wildman–Crippen MR) is 94.3 cm³/mol. The summed E-state index contributed by atoms with van der Waals surface area (Å²) in [5.41, 5.74) is 0.860. The minimum atomic E-state index is -0.258. The van der Waals surface area contributed by atoms with E-state index in [9.17, 15) is 9.59 Å². The molecule has 23 heavy (non-hydrogen) atoms. The van der Waals surface area contributed by atoms with Gasteiger partial charge in [0.15, 0.2) is 0 Å². The Labute approximate surface area is 141 Å². The Bertz CT molecular complexity index is 749. The third kappa shape index (κ3) is 3.57. The van der Waals surface area contributed by atoms with Crippen molar-refractivity contribution in [3.8, 4) is 0 Å². The number of aromatic amines is 1. The molecule has 1 aliphatic rings. The molecule has 1 aromatic heterocycles. The van der Waals surface area contributed by atoms with E-state index >= 15 is 0 Å². The molecule has 0 bridgehead atoms. The van der Waals surface area contributed by atoms with E-state index in [0.717, 1.165) is 18.4 Å². The Morgan fingerprint density at radius 2 is 2.00 bits per heavy atom. The number of hydrogen-bond donors (Lipinski definition) is 3. The second kappa shape index (κ2) is 7.15. The quantitative estimate of drug-likeness (QED) is 0.786. The summed E-state index contributed by atoms with van der Waals surface area (Å²) < 4.78 is 0. The molecule has 3 N–H and O–H groups in total. The molecule has 1 fully saturated rings. The minimum absolute atomic E-state index is 0. The molecule has 0 aliphatic carbocycles. The van der Waals surface area contributed by atoms with Crippen molar-refractivity contribution in [1.29, 1.82) is 0 Å². The summed E-state index contributed by atoms with van der Waals surface area (Å²) in [6.45, 7) is 5.21. The number of aromatic nitrogens is 1. The summed E-state index contributed by atoms with van der Waals surface area (Å²) in [6.07, 6.45) is 1.03. The average molecular weight is 336 g/mol. The van der Waals surface area contributed by atoms with Gasteiger partial charge in [0.05, 0.1) is 5.56 Å². The van der Waals surface area contributed by atoms with Gasteiger partial charge >= 0.3 is 0 Å². The Morgan fingerprint density at radius 3 is 2.74 bits per heavy atom. The topological polar surface area (TPSA) is 74.0 Å². The van der Waals surface area contributed by atoms with E-state index < -0.39 is 0 Å².